The second-order valence-corrected chi connectivity index (χ2v) is 1.29. The summed E-state index contributed by atoms with van der Waals surface area (Å²) in [7, 11) is 0. The fraction of sp³-hybridized carbons (Fsp3) is 1.00. The average Bonchev–Trinajstić information content (AvgIpc) is 1.91. The fourth-order valence-corrected chi connectivity index (χ4v) is 0.204. The first kappa shape index (κ1) is 11.6. The van der Waals surface area contributed by atoms with Gasteiger partial charge in [-0.25, -0.2) is 0 Å². The van der Waals surface area contributed by atoms with E-state index in [1.54, 1.807) is 0 Å². The smallest absolute Gasteiger partial charge is 0.0553 e. The molecule has 0 aromatic carbocycles. The van der Waals surface area contributed by atoms with Crippen molar-refractivity contribution in [2.45, 2.75) is 13.8 Å². The van der Waals surface area contributed by atoms with E-state index < -0.39 is 0 Å². The Hall–Kier alpha value is -0.120. The van der Waals surface area contributed by atoms with E-state index in [1.165, 1.54) is 0 Å². The number of nitrogens with two attached hydrogens (primary N) is 1. The average molecular weight is 135 g/mol. The van der Waals surface area contributed by atoms with Gasteiger partial charge >= 0.3 is 0 Å². The summed E-state index contributed by atoms with van der Waals surface area (Å²) in [6, 6.07) is 0. The predicted molar refractivity (Wildman–Crippen MR) is 38.3 cm³/mol. The lowest BCUT2D eigenvalue weighted by Crippen LogP contribution is -2.02. The molecule has 0 radical (unpaired) electrons. The molecule has 0 heterocycles. The van der Waals surface area contributed by atoms with Crippen molar-refractivity contribution in [1.82, 2.24) is 0 Å². The Labute approximate surface area is 56.8 Å². The summed E-state index contributed by atoms with van der Waals surface area (Å²) in [6.07, 6.45) is 0. The predicted octanol–water partition coefficient (Wildman–Crippen LogP) is -0.0198. The van der Waals surface area contributed by atoms with Crippen molar-refractivity contribution in [3.05, 3.63) is 0 Å². The Balaban J connectivity index is 0. The number of hydrogen-bond donors (Lipinski definition) is 2. The Kier molecular flexibility index (Phi) is 20.3. The van der Waals surface area contributed by atoms with Crippen molar-refractivity contribution in [3.63, 3.8) is 0 Å². The minimum absolute atomic E-state index is 0.0972. The molecule has 0 saturated carbocycles. The maximum atomic E-state index is 7.75. The van der Waals surface area contributed by atoms with Gasteiger partial charge in [0.25, 0.3) is 0 Å². The van der Waals surface area contributed by atoms with Crippen molar-refractivity contribution in [2.75, 3.05) is 26.4 Å². The van der Waals surface area contributed by atoms with Crippen LogP contribution < -0.4 is 5.73 Å². The van der Waals surface area contributed by atoms with Crippen molar-refractivity contribution in [2.24, 2.45) is 5.73 Å². The molecule has 0 aliphatic heterocycles. The van der Waals surface area contributed by atoms with Gasteiger partial charge in [0, 0.05) is 19.8 Å². The van der Waals surface area contributed by atoms with Crippen molar-refractivity contribution in [1.29, 1.82) is 0 Å². The molecule has 0 fully saturated rings. The highest BCUT2D eigenvalue weighted by atomic mass is 16.5. The molecule has 58 valence electrons. The highest BCUT2D eigenvalue weighted by molar-refractivity contribution is 4.17. The van der Waals surface area contributed by atoms with E-state index in [0.717, 1.165) is 13.2 Å². The van der Waals surface area contributed by atoms with Crippen molar-refractivity contribution in [3.8, 4) is 0 Å². The topological polar surface area (TPSA) is 55.5 Å². The normalized spacial score (nSPS) is 8.00. The summed E-state index contributed by atoms with van der Waals surface area (Å²) in [5.41, 5.74) is 4.78. The zero-order valence-corrected chi connectivity index (χ0v) is 6.26. The summed E-state index contributed by atoms with van der Waals surface area (Å²) >= 11 is 0. The molecule has 0 bridgehead atoms. The molecule has 0 spiro atoms. The Morgan fingerprint density at radius 3 is 1.67 bits per heavy atom. The van der Waals surface area contributed by atoms with Crippen LogP contribution in [-0.2, 0) is 4.74 Å². The molecule has 0 rings (SSSR count). The van der Waals surface area contributed by atoms with Gasteiger partial charge < -0.3 is 15.6 Å². The molecule has 0 aliphatic rings. The van der Waals surface area contributed by atoms with E-state index in [0.29, 0.717) is 6.54 Å². The van der Waals surface area contributed by atoms with Gasteiger partial charge in [0.05, 0.1) is 6.61 Å². The van der Waals surface area contributed by atoms with Gasteiger partial charge in [-0.05, 0) is 13.8 Å². The molecule has 3 nitrogen and oxygen atoms in total. The lowest BCUT2D eigenvalue weighted by Gasteiger charge is -1.86. The van der Waals surface area contributed by atoms with E-state index >= 15 is 0 Å². The van der Waals surface area contributed by atoms with Crippen LogP contribution in [0.15, 0.2) is 0 Å². The van der Waals surface area contributed by atoms with Crippen LogP contribution in [-0.4, -0.2) is 31.5 Å². The van der Waals surface area contributed by atoms with Gasteiger partial charge in [-0.2, -0.15) is 0 Å². The number of rotatable bonds is 3. The second kappa shape index (κ2) is 15.7. The molecule has 3 heteroatoms. The van der Waals surface area contributed by atoms with E-state index in [2.05, 4.69) is 0 Å². The van der Waals surface area contributed by atoms with Gasteiger partial charge in [0.2, 0.25) is 0 Å². The first-order valence-electron chi connectivity index (χ1n) is 3.22. The largest absolute Gasteiger partial charge is 0.395 e. The van der Waals surface area contributed by atoms with E-state index in [1.807, 2.05) is 13.8 Å². The zero-order valence-electron chi connectivity index (χ0n) is 6.26. The maximum absolute atomic E-state index is 7.75. The third-order valence-corrected chi connectivity index (χ3v) is 0.537. The van der Waals surface area contributed by atoms with Crippen molar-refractivity contribution < 1.29 is 9.84 Å². The molecule has 0 aromatic rings. The third kappa shape index (κ3) is 32.8. The first-order valence-corrected chi connectivity index (χ1v) is 3.22. The van der Waals surface area contributed by atoms with Crippen LogP contribution >= 0.6 is 0 Å². The molecule has 0 unspecified atom stereocenters. The van der Waals surface area contributed by atoms with Crippen LogP contribution in [0.3, 0.4) is 0 Å². The molecule has 0 aromatic heterocycles. The lowest BCUT2D eigenvalue weighted by molar-refractivity contribution is 0.162. The monoisotopic (exact) mass is 135 g/mol. The van der Waals surface area contributed by atoms with E-state index in [-0.39, 0.29) is 6.61 Å². The molecular formula is C6H17NO2. The van der Waals surface area contributed by atoms with Crippen molar-refractivity contribution >= 4 is 0 Å². The van der Waals surface area contributed by atoms with E-state index in [4.69, 9.17) is 15.6 Å². The number of hydrogen-bond acceptors (Lipinski definition) is 3. The minimum atomic E-state index is 0.0972. The molecule has 0 aliphatic carbocycles. The standard InChI is InChI=1S/C4H10O.C2H7NO/c1-3-5-4-2;3-1-2-4/h3-4H2,1-2H3;4H,1-3H2. The molecular weight excluding hydrogens is 118 g/mol. The molecule has 3 N–H and O–H groups in total. The molecule has 0 saturated heterocycles. The van der Waals surface area contributed by atoms with Crippen LogP contribution in [0.2, 0.25) is 0 Å². The van der Waals surface area contributed by atoms with Gasteiger partial charge in [0.15, 0.2) is 0 Å². The second-order valence-electron chi connectivity index (χ2n) is 1.29. The Morgan fingerprint density at radius 2 is 1.67 bits per heavy atom. The van der Waals surface area contributed by atoms with Gasteiger partial charge in [-0.1, -0.05) is 0 Å². The quantitative estimate of drug-likeness (QED) is 0.572. The van der Waals surface area contributed by atoms with Crippen LogP contribution in [0.4, 0.5) is 0 Å². The lowest BCUT2D eigenvalue weighted by atomic mass is 10.8. The number of ether oxygens (including phenoxy) is 1. The summed E-state index contributed by atoms with van der Waals surface area (Å²) in [5, 5.41) is 7.75. The van der Waals surface area contributed by atoms with Gasteiger partial charge in [-0.15, -0.1) is 0 Å². The third-order valence-electron chi connectivity index (χ3n) is 0.537. The summed E-state index contributed by atoms with van der Waals surface area (Å²) in [4.78, 5) is 0. The van der Waals surface area contributed by atoms with Crippen LogP contribution in [0.5, 0.6) is 0 Å². The first-order chi connectivity index (χ1) is 4.33. The Bertz CT molecular complexity index is 30.2. The number of aliphatic hydroxyl groups is 1. The minimum Gasteiger partial charge on any atom is -0.395 e. The highest BCUT2D eigenvalue weighted by Gasteiger charge is 1.64. The SMILES string of the molecule is CCOCC.NCCO. The van der Waals surface area contributed by atoms with Crippen LogP contribution in [0, 0.1) is 0 Å². The van der Waals surface area contributed by atoms with Gasteiger partial charge in [0.1, 0.15) is 0 Å². The van der Waals surface area contributed by atoms with Gasteiger partial charge in [-0.3, -0.25) is 0 Å². The highest BCUT2D eigenvalue weighted by Crippen LogP contribution is 1.64. The zero-order chi connectivity index (χ0) is 7.54. The molecule has 0 amide bonds. The van der Waals surface area contributed by atoms with Crippen LogP contribution in [0.25, 0.3) is 0 Å². The molecule has 0 atom stereocenters. The Morgan fingerprint density at radius 1 is 1.33 bits per heavy atom. The summed E-state index contributed by atoms with van der Waals surface area (Å²) in [6.45, 7) is 6.14. The fourth-order valence-electron chi connectivity index (χ4n) is 0.204. The molecule has 9 heavy (non-hydrogen) atoms. The number of aliphatic hydroxyl groups excluding tert-OH is 1. The maximum Gasteiger partial charge on any atom is 0.0553 e. The van der Waals surface area contributed by atoms with E-state index in [9.17, 15) is 0 Å². The van der Waals surface area contributed by atoms with Crippen LogP contribution in [0.1, 0.15) is 13.8 Å². The summed E-state index contributed by atoms with van der Waals surface area (Å²) in [5.74, 6) is 0. The summed E-state index contributed by atoms with van der Waals surface area (Å²) < 4.78 is 4.83.